The van der Waals surface area contributed by atoms with E-state index in [2.05, 4.69) is 5.32 Å². The highest BCUT2D eigenvalue weighted by atomic mass is 16.2. The maximum Gasteiger partial charge on any atom is 0.314 e. The van der Waals surface area contributed by atoms with E-state index in [0.29, 0.717) is 12.1 Å². The molecule has 0 aliphatic carbocycles. The Morgan fingerprint density at radius 1 is 1.45 bits per heavy atom. The highest BCUT2D eigenvalue weighted by molar-refractivity contribution is 5.72. The van der Waals surface area contributed by atoms with Gasteiger partial charge in [0.25, 0.3) is 0 Å². The van der Waals surface area contributed by atoms with Crippen LogP contribution in [0.25, 0.3) is 0 Å². The van der Waals surface area contributed by atoms with E-state index in [1.807, 2.05) is 13.8 Å². The van der Waals surface area contributed by atoms with Gasteiger partial charge in [-0.3, -0.25) is 0 Å². The molecule has 4 heteroatoms. The molecule has 11 heavy (non-hydrogen) atoms. The van der Waals surface area contributed by atoms with Crippen molar-refractivity contribution in [2.75, 3.05) is 13.1 Å². The molecule has 64 valence electrons. The monoisotopic (exact) mass is 157 g/mol. The Hall–Kier alpha value is -0.770. The van der Waals surface area contributed by atoms with E-state index in [4.69, 9.17) is 5.73 Å². The minimum atomic E-state index is -0.315. The van der Waals surface area contributed by atoms with Crippen LogP contribution in [0, 0.1) is 0 Å². The Morgan fingerprint density at radius 3 is 2.27 bits per heavy atom. The van der Waals surface area contributed by atoms with Gasteiger partial charge in [0, 0.05) is 25.2 Å². The largest absolute Gasteiger partial charge is 0.351 e. The Labute approximate surface area is 66.7 Å². The number of rotatable bonds is 0. The smallest absolute Gasteiger partial charge is 0.314 e. The molecule has 1 fully saturated rings. The molecular formula is C7H15N3O. The number of hydrogen-bond donors (Lipinski definition) is 2. The van der Waals surface area contributed by atoms with Crippen LogP contribution in [0.4, 0.5) is 4.79 Å². The van der Waals surface area contributed by atoms with Gasteiger partial charge in [0.05, 0.1) is 0 Å². The average Bonchev–Trinajstić information content (AvgIpc) is 1.85. The molecule has 0 radical (unpaired) electrons. The Kier molecular flexibility index (Phi) is 2.34. The second kappa shape index (κ2) is 3.09. The average molecular weight is 157 g/mol. The lowest BCUT2D eigenvalue weighted by molar-refractivity contribution is 0.173. The lowest BCUT2D eigenvalue weighted by Gasteiger charge is -2.34. The number of nitrogens with two attached hydrogens (primary N) is 1. The summed E-state index contributed by atoms with van der Waals surface area (Å²) in [4.78, 5) is 12.4. The number of amides is 2. The molecule has 0 saturated carbocycles. The topological polar surface area (TPSA) is 58.4 Å². The molecule has 2 amide bonds. The lowest BCUT2D eigenvalue weighted by atomic mass is 10.1. The maximum absolute atomic E-state index is 10.8. The maximum atomic E-state index is 10.8. The van der Waals surface area contributed by atoms with Gasteiger partial charge < -0.3 is 16.0 Å². The van der Waals surface area contributed by atoms with Crippen molar-refractivity contribution in [1.82, 2.24) is 10.2 Å². The molecule has 0 unspecified atom stereocenters. The molecule has 1 aliphatic rings. The molecule has 4 nitrogen and oxygen atoms in total. The summed E-state index contributed by atoms with van der Waals surface area (Å²) in [6.07, 6.45) is 0. The van der Waals surface area contributed by atoms with Gasteiger partial charge in [-0.05, 0) is 13.8 Å². The number of urea groups is 1. The fourth-order valence-corrected chi connectivity index (χ4v) is 1.51. The van der Waals surface area contributed by atoms with Gasteiger partial charge in [-0.1, -0.05) is 0 Å². The van der Waals surface area contributed by atoms with Crippen LogP contribution in [0.1, 0.15) is 13.8 Å². The number of carbonyl (C=O) groups excluding carboxylic acids is 1. The Morgan fingerprint density at radius 2 is 1.91 bits per heavy atom. The Balaban J connectivity index is 2.49. The van der Waals surface area contributed by atoms with Crippen molar-refractivity contribution < 1.29 is 4.79 Å². The first-order valence-corrected chi connectivity index (χ1v) is 3.90. The Bertz CT molecular complexity index is 150. The van der Waals surface area contributed by atoms with Gasteiger partial charge >= 0.3 is 6.03 Å². The van der Waals surface area contributed by atoms with E-state index >= 15 is 0 Å². The van der Waals surface area contributed by atoms with E-state index in [1.165, 1.54) is 0 Å². The van der Waals surface area contributed by atoms with Crippen molar-refractivity contribution in [1.29, 1.82) is 0 Å². The minimum absolute atomic E-state index is 0.315. The van der Waals surface area contributed by atoms with Crippen LogP contribution in [0.3, 0.4) is 0 Å². The third-order valence-corrected chi connectivity index (χ3v) is 1.87. The van der Waals surface area contributed by atoms with Crippen molar-refractivity contribution in [3.8, 4) is 0 Å². The highest BCUT2D eigenvalue weighted by Crippen LogP contribution is 2.02. The molecule has 0 aromatic heterocycles. The van der Waals surface area contributed by atoms with Crippen molar-refractivity contribution in [2.45, 2.75) is 25.9 Å². The van der Waals surface area contributed by atoms with Gasteiger partial charge in [-0.2, -0.15) is 0 Å². The second-order valence-electron chi connectivity index (χ2n) is 3.21. The first-order valence-electron chi connectivity index (χ1n) is 3.90. The lowest BCUT2D eigenvalue weighted by Crippen LogP contribution is -2.57. The molecule has 2 atom stereocenters. The molecule has 1 heterocycles. The summed E-state index contributed by atoms with van der Waals surface area (Å²) in [5.41, 5.74) is 5.15. The number of hydrogen-bond acceptors (Lipinski definition) is 2. The van der Waals surface area contributed by atoms with Gasteiger partial charge in [0.1, 0.15) is 0 Å². The van der Waals surface area contributed by atoms with Crippen LogP contribution < -0.4 is 11.1 Å². The van der Waals surface area contributed by atoms with Gasteiger partial charge in [0.2, 0.25) is 0 Å². The molecule has 1 rings (SSSR count). The summed E-state index contributed by atoms with van der Waals surface area (Å²) >= 11 is 0. The zero-order valence-electron chi connectivity index (χ0n) is 7.00. The molecule has 0 bridgehead atoms. The summed E-state index contributed by atoms with van der Waals surface area (Å²) in [6.45, 7) is 5.54. The van der Waals surface area contributed by atoms with Crippen LogP contribution in [0.2, 0.25) is 0 Å². The normalized spacial score (nSPS) is 32.0. The van der Waals surface area contributed by atoms with Crippen molar-refractivity contribution in [3.63, 3.8) is 0 Å². The van der Waals surface area contributed by atoms with Crippen molar-refractivity contribution in [2.24, 2.45) is 5.73 Å². The highest BCUT2D eigenvalue weighted by Gasteiger charge is 2.22. The molecule has 0 aromatic rings. The van der Waals surface area contributed by atoms with Gasteiger partial charge in [-0.25, -0.2) is 4.79 Å². The van der Waals surface area contributed by atoms with E-state index in [0.717, 1.165) is 13.1 Å². The molecule has 1 saturated heterocycles. The van der Waals surface area contributed by atoms with E-state index < -0.39 is 0 Å². The van der Waals surface area contributed by atoms with Crippen LogP contribution in [-0.2, 0) is 0 Å². The molecule has 3 N–H and O–H groups in total. The van der Waals surface area contributed by atoms with Crippen LogP contribution in [0.15, 0.2) is 0 Å². The summed E-state index contributed by atoms with van der Waals surface area (Å²) in [5.74, 6) is 0. The summed E-state index contributed by atoms with van der Waals surface area (Å²) < 4.78 is 0. The fourth-order valence-electron chi connectivity index (χ4n) is 1.51. The third kappa shape index (κ3) is 2.08. The van der Waals surface area contributed by atoms with Gasteiger partial charge in [-0.15, -0.1) is 0 Å². The first kappa shape index (κ1) is 8.33. The van der Waals surface area contributed by atoms with Crippen LogP contribution in [-0.4, -0.2) is 36.1 Å². The quantitative estimate of drug-likeness (QED) is 0.509. The number of primary amides is 1. The van der Waals surface area contributed by atoms with E-state index in [-0.39, 0.29) is 6.03 Å². The summed E-state index contributed by atoms with van der Waals surface area (Å²) in [5, 5.41) is 3.31. The fraction of sp³-hybridized carbons (Fsp3) is 0.857. The third-order valence-electron chi connectivity index (χ3n) is 1.87. The predicted octanol–water partition coefficient (Wildman–Crippen LogP) is -0.253. The standard InChI is InChI=1S/C7H15N3O/c1-5-3-10(7(8)11)4-6(2)9-5/h5-6,9H,3-4H2,1-2H3,(H2,8,11)/t5-,6-/m1/s1. The zero-order valence-corrected chi connectivity index (χ0v) is 7.00. The molecule has 0 spiro atoms. The minimum Gasteiger partial charge on any atom is -0.351 e. The number of nitrogens with one attached hydrogen (secondary N) is 1. The van der Waals surface area contributed by atoms with Crippen LogP contribution >= 0.6 is 0 Å². The second-order valence-corrected chi connectivity index (χ2v) is 3.21. The van der Waals surface area contributed by atoms with Crippen molar-refractivity contribution >= 4 is 6.03 Å². The van der Waals surface area contributed by atoms with E-state index in [1.54, 1.807) is 4.90 Å². The predicted molar refractivity (Wildman–Crippen MR) is 43.2 cm³/mol. The number of piperazine rings is 1. The van der Waals surface area contributed by atoms with Gasteiger partial charge in [0.15, 0.2) is 0 Å². The molecule has 0 aromatic carbocycles. The molecular weight excluding hydrogens is 142 g/mol. The number of carbonyl (C=O) groups is 1. The zero-order chi connectivity index (χ0) is 8.43. The summed E-state index contributed by atoms with van der Waals surface area (Å²) in [6, 6.07) is 0.391. The SMILES string of the molecule is C[C@@H]1CN(C(N)=O)C[C@@H](C)N1. The summed E-state index contributed by atoms with van der Waals surface area (Å²) in [7, 11) is 0. The molecule has 1 aliphatic heterocycles. The number of nitrogens with zero attached hydrogens (tertiary/aromatic N) is 1. The van der Waals surface area contributed by atoms with Crippen LogP contribution in [0.5, 0.6) is 0 Å². The van der Waals surface area contributed by atoms with E-state index in [9.17, 15) is 4.79 Å². The first-order chi connectivity index (χ1) is 5.09. The van der Waals surface area contributed by atoms with Crippen molar-refractivity contribution in [3.05, 3.63) is 0 Å².